The second-order valence-electron chi connectivity index (χ2n) is 11.8. The zero-order chi connectivity index (χ0) is 22.5. The van der Waals surface area contributed by atoms with Crippen LogP contribution < -0.4 is 0 Å². The molecule has 9 atom stereocenters. The maximum atomic E-state index is 13.1. The third kappa shape index (κ3) is 4.21. The van der Waals surface area contributed by atoms with Gasteiger partial charge in [-0.1, -0.05) is 19.8 Å². The smallest absolute Gasteiger partial charge is 0.312 e. The molecule has 4 saturated carbocycles. The number of carboxylic acid groups (broad SMARTS) is 1. The Morgan fingerprint density at radius 3 is 2.66 bits per heavy atom. The number of rotatable bonds is 5. The fraction of sp³-hybridized carbons (Fsp3) is 0.920. The van der Waals surface area contributed by atoms with Crippen LogP contribution in [0.25, 0.3) is 0 Å². The van der Waals surface area contributed by atoms with E-state index in [9.17, 15) is 19.8 Å². The Kier molecular flexibility index (Phi) is 6.04. The third-order valence-electron chi connectivity index (χ3n) is 9.07. The molecule has 5 fully saturated rings. The number of ether oxygens (including phenoxy) is 3. The monoisotopic (exact) mass is 450 g/mol. The van der Waals surface area contributed by atoms with Crippen LogP contribution in [0.5, 0.6) is 0 Å². The van der Waals surface area contributed by atoms with Gasteiger partial charge in [0.05, 0.1) is 23.5 Å². The highest BCUT2D eigenvalue weighted by Gasteiger charge is 2.53. The van der Waals surface area contributed by atoms with Crippen LogP contribution >= 0.6 is 0 Å². The molecule has 7 nitrogen and oxygen atoms in total. The van der Waals surface area contributed by atoms with E-state index in [1.165, 1.54) is 0 Å². The summed E-state index contributed by atoms with van der Waals surface area (Å²) in [6.45, 7) is 2.72. The van der Waals surface area contributed by atoms with E-state index in [-0.39, 0.29) is 24.6 Å². The lowest BCUT2D eigenvalue weighted by Gasteiger charge is -2.47. The van der Waals surface area contributed by atoms with Crippen LogP contribution in [0.1, 0.15) is 77.6 Å². The Balaban J connectivity index is 1.16. The molecule has 1 aliphatic heterocycles. The first-order valence-electron chi connectivity index (χ1n) is 12.6. The molecule has 4 bridgehead atoms. The Hall–Kier alpha value is -1.18. The van der Waals surface area contributed by atoms with Crippen LogP contribution in [0.4, 0.5) is 0 Å². The van der Waals surface area contributed by atoms with Crippen LogP contribution in [0.2, 0.25) is 0 Å². The molecule has 2 N–H and O–H groups in total. The number of carbonyl (C=O) groups is 2. The molecular weight excluding hydrogens is 412 g/mol. The Bertz CT molecular complexity index is 718. The van der Waals surface area contributed by atoms with Gasteiger partial charge in [0.2, 0.25) is 0 Å². The van der Waals surface area contributed by atoms with Crippen molar-refractivity contribution in [2.45, 2.75) is 96.1 Å². The highest BCUT2D eigenvalue weighted by atomic mass is 16.7. The van der Waals surface area contributed by atoms with Crippen molar-refractivity contribution in [2.24, 2.45) is 34.5 Å². The topological polar surface area (TPSA) is 102 Å². The number of fused-ring (bicyclic) bond motifs is 4. The molecule has 180 valence electrons. The zero-order valence-electron chi connectivity index (χ0n) is 19.2. The lowest BCUT2D eigenvalue weighted by atomic mass is 9.58. The third-order valence-corrected chi connectivity index (χ3v) is 9.07. The summed E-state index contributed by atoms with van der Waals surface area (Å²) in [4.78, 5) is 25.1. The number of aliphatic hydroxyl groups is 1. The van der Waals surface area contributed by atoms with E-state index >= 15 is 0 Å². The summed E-state index contributed by atoms with van der Waals surface area (Å²) in [7, 11) is 0. The van der Waals surface area contributed by atoms with Crippen molar-refractivity contribution in [1.29, 1.82) is 0 Å². The first kappa shape index (κ1) is 22.6. The van der Waals surface area contributed by atoms with Crippen LogP contribution in [0.15, 0.2) is 0 Å². The van der Waals surface area contributed by atoms with Gasteiger partial charge in [0.25, 0.3) is 0 Å². The summed E-state index contributed by atoms with van der Waals surface area (Å²) in [6.07, 6.45) is 7.99. The summed E-state index contributed by atoms with van der Waals surface area (Å²) in [6, 6.07) is 0. The van der Waals surface area contributed by atoms with E-state index in [2.05, 4.69) is 6.92 Å². The Morgan fingerprint density at radius 2 is 1.84 bits per heavy atom. The molecule has 32 heavy (non-hydrogen) atoms. The van der Waals surface area contributed by atoms with Crippen molar-refractivity contribution < 1.29 is 34.0 Å². The predicted molar refractivity (Wildman–Crippen MR) is 115 cm³/mol. The van der Waals surface area contributed by atoms with Gasteiger partial charge in [-0.2, -0.15) is 0 Å². The number of hydrogen-bond acceptors (Lipinski definition) is 6. The predicted octanol–water partition coefficient (Wildman–Crippen LogP) is 3.52. The Morgan fingerprint density at radius 1 is 1.03 bits per heavy atom. The lowest BCUT2D eigenvalue weighted by Crippen LogP contribution is -2.47. The number of carbonyl (C=O) groups excluding carboxylic acids is 1. The van der Waals surface area contributed by atoms with Crippen molar-refractivity contribution in [3.63, 3.8) is 0 Å². The SMILES string of the molecule is CC1CC2CC(O)CC(C(=O)OCC3COC(C4CC5CCCC(C(=O)O)(C5)C4)O3)(C1)C2. The van der Waals surface area contributed by atoms with Crippen molar-refractivity contribution in [3.05, 3.63) is 0 Å². The average molecular weight is 451 g/mol. The van der Waals surface area contributed by atoms with E-state index in [4.69, 9.17) is 14.2 Å². The van der Waals surface area contributed by atoms with E-state index in [0.29, 0.717) is 37.2 Å². The van der Waals surface area contributed by atoms with E-state index < -0.39 is 29.2 Å². The number of hydrogen-bond donors (Lipinski definition) is 2. The van der Waals surface area contributed by atoms with Gasteiger partial charge in [0, 0.05) is 5.92 Å². The number of aliphatic hydroxyl groups excluding tert-OH is 1. The molecule has 1 heterocycles. The van der Waals surface area contributed by atoms with E-state index in [0.717, 1.165) is 57.8 Å². The highest BCUT2D eigenvalue weighted by molar-refractivity contribution is 5.77. The van der Waals surface area contributed by atoms with Gasteiger partial charge in [-0.05, 0) is 75.5 Å². The molecule has 0 amide bonds. The lowest BCUT2D eigenvalue weighted by molar-refractivity contribution is -0.176. The largest absolute Gasteiger partial charge is 0.481 e. The van der Waals surface area contributed by atoms with Crippen molar-refractivity contribution in [2.75, 3.05) is 13.2 Å². The van der Waals surface area contributed by atoms with Gasteiger partial charge >= 0.3 is 11.9 Å². The summed E-state index contributed by atoms with van der Waals surface area (Å²) < 4.78 is 17.8. The molecular formula is C25H38O7. The van der Waals surface area contributed by atoms with Gasteiger partial charge in [-0.15, -0.1) is 0 Å². The molecule has 5 rings (SSSR count). The second kappa shape index (κ2) is 8.55. The number of carboxylic acids is 1. The first-order valence-corrected chi connectivity index (χ1v) is 12.6. The molecule has 4 aliphatic carbocycles. The normalized spacial score (nSPS) is 48.2. The van der Waals surface area contributed by atoms with Crippen LogP contribution in [-0.4, -0.2) is 53.9 Å². The fourth-order valence-electron chi connectivity index (χ4n) is 8.06. The van der Waals surface area contributed by atoms with Gasteiger partial charge in [-0.3, -0.25) is 9.59 Å². The molecule has 5 aliphatic rings. The minimum Gasteiger partial charge on any atom is -0.481 e. The summed E-state index contributed by atoms with van der Waals surface area (Å²) in [5.74, 6) is 0.509. The van der Waals surface area contributed by atoms with Crippen LogP contribution in [-0.2, 0) is 23.8 Å². The molecule has 0 spiro atoms. The summed E-state index contributed by atoms with van der Waals surface area (Å²) in [5.41, 5.74) is -1.19. The summed E-state index contributed by atoms with van der Waals surface area (Å²) >= 11 is 0. The standard InChI is InChI=1S/C25H38O7/c1-15-5-17-7-19(26)12-25(8-15,10-17)23(29)31-14-20-13-30-21(32-20)18-6-16-3-2-4-24(9-16,11-18)22(27)28/h15-21,26H,2-14H2,1H3,(H,27,28). The van der Waals surface area contributed by atoms with Crippen LogP contribution in [0, 0.1) is 34.5 Å². The highest BCUT2D eigenvalue weighted by Crippen LogP contribution is 2.53. The van der Waals surface area contributed by atoms with E-state index in [1.54, 1.807) is 0 Å². The molecule has 7 heteroatoms. The minimum atomic E-state index is -0.677. The molecule has 0 aromatic rings. The zero-order valence-corrected chi connectivity index (χ0v) is 19.2. The van der Waals surface area contributed by atoms with Gasteiger partial charge in [0.15, 0.2) is 6.29 Å². The molecule has 0 aromatic heterocycles. The molecule has 0 aromatic carbocycles. The molecule has 9 unspecified atom stereocenters. The fourth-order valence-corrected chi connectivity index (χ4v) is 8.06. The average Bonchev–Trinajstić information content (AvgIpc) is 3.19. The maximum Gasteiger partial charge on any atom is 0.312 e. The van der Waals surface area contributed by atoms with E-state index in [1.807, 2.05) is 0 Å². The van der Waals surface area contributed by atoms with Crippen molar-refractivity contribution in [1.82, 2.24) is 0 Å². The molecule has 0 radical (unpaired) electrons. The Labute approximate surface area is 190 Å². The van der Waals surface area contributed by atoms with Crippen molar-refractivity contribution >= 4 is 11.9 Å². The second-order valence-corrected chi connectivity index (χ2v) is 11.8. The first-order chi connectivity index (χ1) is 15.3. The number of esters is 1. The molecule has 1 saturated heterocycles. The van der Waals surface area contributed by atoms with Gasteiger partial charge in [-0.25, -0.2) is 0 Å². The van der Waals surface area contributed by atoms with Gasteiger partial charge < -0.3 is 24.4 Å². The maximum absolute atomic E-state index is 13.1. The van der Waals surface area contributed by atoms with Gasteiger partial charge in [0.1, 0.15) is 12.7 Å². The quantitative estimate of drug-likeness (QED) is 0.618. The number of aliphatic carboxylic acids is 1. The van der Waals surface area contributed by atoms with Crippen molar-refractivity contribution in [3.8, 4) is 0 Å². The summed E-state index contributed by atoms with van der Waals surface area (Å²) in [5, 5.41) is 20.2. The minimum absolute atomic E-state index is 0.0814. The van der Waals surface area contributed by atoms with Crippen LogP contribution in [0.3, 0.4) is 0 Å².